The van der Waals surface area contributed by atoms with Gasteiger partial charge in [-0.15, -0.1) is 11.3 Å². The minimum Gasteiger partial charge on any atom is -0.358 e. The molecule has 10 heteroatoms. The molecule has 0 radical (unpaired) electrons. The second-order valence-corrected chi connectivity index (χ2v) is 8.50. The van der Waals surface area contributed by atoms with Gasteiger partial charge in [-0.1, -0.05) is 24.3 Å². The van der Waals surface area contributed by atoms with Gasteiger partial charge in [0.2, 0.25) is 0 Å². The van der Waals surface area contributed by atoms with Crippen molar-refractivity contribution in [2.24, 2.45) is 0 Å². The van der Waals surface area contributed by atoms with Crippen LogP contribution in [0.2, 0.25) is 0 Å². The average molecular weight is 451 g/mol. The average Bonchev–Trinajstić information content (AvgIpc) is 3.44. The quantitative estimate of drug-likeness (QED) is 0.333. The van der Waals surface area contributed by atoms with Crippen molar-refractivity contribution in [1.82, 2.24) is 19.6 Å². The molecular weight excluding hydrogens is 428 g/mol. The van der Waals surface area contributed by atoms with Crippen LogP contribution in [0.5, 0.6) is 0 Å². The number of rotatable bonds is 7. The predicted octanol–water partition coefficient (Wildman–Crippen LogP) is 4.32. The van der Waals surface area contributed by atoms with Crippen molar-refractivity contribution < 1.29 is 9.72 Å². The number of carbonyl (C=O) groups is 1. The van der Waals surface area contributed by atoms with E-state index in [-0.39, 0.29) is 11.7 Å². The third-order valence-electron chi connectivity index (χ3n) is 5.17. The van der Waals surface area contributed by atoms with Crippen LogP contribution >= 0.6 is 11.3 Å². The number of aromatic nitrogens is 4. The highest BCUT2D eigenvalue weighted by atomic mass is 32.1. The number of nitro groups is 1. The van der Waals surface area contributed by atoms with Crippen LogP contribution in [0.4, 0.5) is 11.6 Å². The number of nitrogens with zero attached hydrogens (tertiary/aromatic N) is 5. The van der Waals surface area contributed by atoms with Gasteiger partial charge in [0.1, 0.15) is 0 Å². The molecule has 9 nitrogen and oxygen atoms in total. The second-order valence-electron chi connectivity index (χ2n) is 7.59. The van der Waals surface area contributed by atoms with Crippen molar-refractivity contribution in [3.8, 4) is 0 Å². The molecule has 1 aromatic carbocycles. The van der Waals surface area contributed by atoms with Crippen molar-refractivity contribution in [3.63, 3.8) is 0 Å². The van der Waals surface area contributed by atoms with Crippen molar-refractivity contribution in [2.75, 3.05) is 5.32 Å². The van der Waals surface area contributed by atoms with E-state index >= 15 is 0 Å². The number of hydrogen-bond donors (Lipinski definition) is 1. The molecule has 0 spiro atoms. The predicted molar refractivity (Wildman–Crippen MR) is 122 cm³/mol. The molecule has 0 unspecified atom stereocenters. The van der Waals surface area contributed by atoms with E-state index in [4.69, 9.17) is 0 Å². The lowest BCUT2D eigenvalue weighted by Gasteiger charge is -2.07. The molecule has 0 saturated heterocycles. The van der Waals surface area contributed by atoms with Crippen LogP contribution in [0.25, 0.3) is 0 Å². The minimum absolute atomic E-state index is 0.188. The fourth-order valence-electron chi connectivity index (χ4n) is 3.35. The lowest BCUT2D eigenvalue weighted by Crippen LogP contribution is -2.12. The van der Waals surface area contributed by atoms with E-state index in [1.165, 1.54) is 28.5 Å². The highest BCUT2D eigenvalue weighted by Gasteiger charge is 2.17. The van der Waals surface area contributed by atoms with Gasteiger partial charge >= 0.3 is 5.82 Å². The summed E-state index contributed by atoms with van der Waals surface area (Å²) in [5.41, 5.74) is 4.85. The zero-order valence-corrected chi connectivity index (χ0v) is 18.7. The van der Waals surface area contributed by atoms with Crippen LogP contribution in [0, 0.1) is 30.9 Å². The lowest BCUT2D eigenvalue weighted by molar-refractivity contribution is -0.389. The second kappa shape index (κ2) is 8.75. The number of thiophene rings is 1. The number of aryl methyl sites for hydroxylation is 3. The number of hydrogen-bond acceptors (Lipinski definition) is 6. The van der Waals surface area contributed by atoms with Gasteiger partial charge in [-0.3, -0.25) is 9.48 Å². The topological polar surface area (TPSA) is 108 Å². The largest absolute Gasteiger partial charge is 0.390 e. The molecule has 0 fully saturated rings. The van der Waals surface area contributed by atoms with Crippen LogP contribution in [-0.2, 0) is 13.1 Å². The summed E-state index contributed by atoms with van der Waals surface area (Å²) in [4.78, 5) is 23.6. The molecule has 164 valence electrons. The molecule has 0 bridgehead atoms. The van der Waals surface area contributed by atoms with E-state index in [0.717, 1.165) is 11.3 Å². The highest BCUT2D eigenvalue weighted by molar-refractivity contribution is 7.12. The molecule has 4 aromatic rings. The summed E-state index contributed by atoms with van der Waals surface area (Å²) in [6, 6.07) is 13.2. The van der Waals surface area contributed by atoms with E-state index < -0.39 is 4.92 Å². The first-order valence-electron chi connectivity index (χ1n) is 9.96. The minimum atomic E-state index is -0.518. The fraction of sp³-hybridized carbons (Fsp3) is 0.227. The first-order chi connectivity index (χ1) is 15.3. The Labute approximate surface area is 188 Å². The Morgan fingerprint density at radius 1 is 1.06 bits per heavy atom. The van der Waals surface area contributed by atoms with E-state index in [2.05, 4.69) is 34.6 Å². The summed E-state index contributed by atoms with van der Waals surface area (Å²) in [6.07, 6.45) is 0. The molecule has 0 aliphatic carbocycles. The molecule has 32 heavy (non-hydrogen) atoms. The highest BCUT2D eigenvalue weighted by Crippen LogP contribution is 2.20. The third kappa shape index (κ3) is 4.59. The molecule has 3 heterocycles. The molecule has 4 rings (SSSR count). The zero-order chi connectivity index (χ0) is 22.8. The summed E-state index contributed by atoms with van der Waals surface area (Å²) in [5.74, 6) is 0.0619. The standard InChI is InChI=1S/C22H22N6O3S/c1-14-6-4-5-7-18(14)12-27-15(2)8-20(24-27)23-22(29)19-10-17(13-32-19)11-26-16(3)9-21(25-26)28(30)31/h4-10,13H,11-12H2,1-3H3,(H,23,24,29). The molecule has 1 N–H and O–H groups in total. The maximum Gasteiger partial charge on any atom is 0.390 e. The Morgan fingerprint density at radius 2 is 1.78 bits per heavy atom. The Balaban J connectivity index is 1.43. The maximum absolute atomic E-state index is 12.7. The first-order valence-corrected chi connectivity index (χ1v) is 10.8. The third-order valence-corrected chi connectivity index (χ3v) is 6.15. The van der Waals surface area contributed by atoms with Gasteiger partial charge in [0.25, 0.3) is 5.91 Å². The van der Waals surface area contributed by atoms with Crippen LogP contribution in [0.3, 0.4) is 0 Å². The van der Waals surface area contributed by atoms with Gasteiger partial charge in [-0.2, -0.15) is 9.78 Å². The van der Waals surface area contributed by atoms with Crippen molar-refractivity contribution in [3.05, 3.63) is 90.9 Å². The SMILES string of the molecule is Cc1ccccc1Cn1nc(NC(=O)c2cc(Cn3nc([N+](=O)[O-])cc3C)cs2)cc1C. The van der Waals surface area contributed by atoms with Gasteiger partial charge in [-0.25, -0.2) is 0 Å². The number of anilines is 1. The van der Waals surface area contributed by atoms with E-state index in [9.17, 15) is 14.9 Å². The molecule has 0 aliphatic heterocycles. The van der Waals surface area contributed by atoms with Gasteiger partial charge in [-0.05, 0) is 53.8 Å². The smallest absolute Gasteiger partial charge is 0.358 e. The molecular formula is C22H22N6O3S. The molecule has 1 amide bonds. The normalized spacial score (nSPS) is 11.0. The lowest BCUT2D eigenvalue weighted by atomic mass is 10.1. The van der Waals surface area contributed by atoms with Crippen LogP contribution in [0.1, 0.15) is 37.7 Å². The number of carbonyl (C=O) groups excluding carboxylic acids is 1. The summed E-state index contributed by atoms with van der Waals surface area (Å²) < 4.78 is 3.42. The Bertz CT molecular complexity index is 1300. The molecule has 0 atom stereocenters. The maximum atomic E-state index is 12.7. The van der Waals surface area contributed by atoms with Gasteiger partial charge in [0.05, 0.1) is 34.8 Å². The van der Waals surface area contributed by atoms with Crippen LogP contribution < -0.4 is 5.32 Å². The summed E-state index contributed by atoms with van der Waals surface area (Å²) in [6.45, 7) is 6.76. The van der Waals surface area contributed by atoms with E-state index in [0.29, 0.717) is 29.5 Å². The summed E-state index contributed by atoms with van der Waals surface area (Å²) in [5, 5.41) is 24.1. The Morgan fingerprint density at radius 3 is 2.50 bits per heavy atom. The van der Waals surface area contributed by atoms with Gasteiger partial charge < -0.3 is 15.4 Å². The van der Waals surface area contributed by atoms with Gasteiger partial charge in [0.15, 0.2) is 5.82 Å². The number of nitrogens with one attached hydrogen (secondary N) is 1. The van der Waals surface area contributed by atoms with Gasteiger partial charge in [0, 0.05) is 11.8 Å². The fourth-order valence-corrected chi connectivity index (χ4v) is 4.15. The molecule has 0 aliphatic rings. The first kappa shape index (κ1) is 21.4. The summed E-state index contributed by atoms with van der Waals surface area (Å²) >= 11 is 1.31. The van der Waals surface area contributed by atoms with Crippen LogP contribution in [0.15, 0.2) is 47.8 Å². The van der Waals surface area contributed by atoms with E-state index in [1.54, 1.807) is 17.7 Å². The molecule has 3 aromatic heterocycles. The number of amides is 1. The Hall–Kier alpha value is -3.79. The number of benzene rings is 1. The van der Waals surface area contributed by atoms with Crippen molar-refractivity contribution >= 4 is 28.9 Å². The zero-order valence-electron chi connectivity index (χ0n) is 17.9. The van der Waals surface area contributed by atoms with Crippen molar-refractivity contribution in [2.45, 2.75) is 33.9 Å². The molecule has 0 saturated carbocycles. The monoisotopic (exact) mass is 450 g/mol. The van der Waals surface area contributed by atoms with E-state index in [1.807, 2.05) is 35.2 Å². The summed E-state index contributed by atoms with van der Waals surface area (Å²) in [7, 11) is 0. The van der Waals surface area contributed by atoms with Crippen molar-refractivity contribution in [1.29, 1.82) is 0 Å². The van der Waals surface area contributed by atoms with Crippen LogP contribution in [-0.4, -0.2) is 30.4 Å². The Kier molecular flexibility index (Phi) is 5.87.